The smallest absolute Gasteiger partial charge is 0.326 e. The van der Waals surface area contributed by atoms with Crippen molar-refractivity contribution in [1.29, 1.82) is 0 Å². The minimum Gasteiger partial charge on any atom is -0.480 e. The van der Waals surface area contributed by atoms with Gasteiger partial charge in [0.15, 0.2) is 0 Å². The average molecular weight is 409 g/mol. The van der Waals surface area contributed by atoms with Gasteiger partial charge in [-0.3, -0.25) is 4.79 Å². The Morgan fingerprint density at radius 1 is 1.07 bits per heavy atom. The number of likely N-dealkylation sites (tertiary alicyclic amines) is 1. The van der Waals surface area contributed by atoms with Gasteiger partial charge in [-0.2, -0.15) is 0 Å². The van der Waals surface area contributed by atoms with Crippen LogP contribution in [0.3, 0.4) is 0 Å². The van der Waals surface area contributed by atoms with Crippen LogP contribution in [-0.2, 0) is 10.2 Å². The Labute approximate surface area is 174 Å². The number of carbonyl (C=O) groups excluding carboxylic acids is 1. The second-order valence-corrected chi connectivity index (χ2v) is 9.57. The molecule has 0 saturated carbocycles. The van der Waals surface area contributed by atoms with Crippen LogP contribution in [0.4, 0.5) is 0 Å². The van der Waals surface area contributed by atoms with Gasteiger partial charge in [-0.15, -0.1) is 11.3 Å². The Kier molecular flexibility index (Phi) is 4.90. The zero-order valence-corrected chi connectivity index (χ0v) is 17.6. The second kappa shape index (κ2) is 7.26. The number of carbonyl (C=O) groups is 2. The van der Waals surface area contributed by atoms with Crippen LogP contribution < -0.4 is 0 Å². The molecule has 0 bridgehead atoms. The number of amides is 1. The van der Waals surface area contributed by atoms with E-state index in [-0.39, 0.29) is 17.4 Å². The van der Waals surface area contributed by atoms with E-state index >= 15 is 0 Å². The number of benzene rings is 2. The topological polar surface area (TPSA) is 70.5 Å². The summed E-state index contributed by atoms with van der Waals surface area (Å²) in [5.41, 5.74) is 2.51. The second-order valence-electron chi connectivity index (χ2n) is 8.51. The van der Waals surface area contributed by atoms with Gasteiger partial charge >= 0.3 is 5.97 Å². The van der Waals surface area contributed by atoms with E-state index in [1.165, 1.54) is 16.2 Å². The molecule has 4 rings (SSSR count). The predicted molar refractivity (Wildman–Crippen MR) is 114 cm³/mol. The Morgan fingerprint density at radius 3 is 2.38 bits per heavy atom. The Bertz CT molecular complexity index is 1030. The first-order chi connectivity index (χ1) is 13.8. The number of para-hydroxylation sites is 1. The Balaban J connectivity index is 1.70. The third-order valence-corrected chi connectivity index (χ3v) is 6.64. The summed E-state index contributed by atoms with van der Waals surface area (Å²) < 4.78 is 1.04. The summed E-state index contributed by atoms with van der Waals surface area (Å²) in [5, 5.41) is 10.5. The van der Waals surface area contributed by atoms with Crippen molar-refractivity contribution in [3.05, 3.63) is 64.7 Å². The molecular formula is C23H24N2O3S. The fraction of sp³-hybridized carbons (Fsp3) is 0.348. The molecular weight excluding hydrogens is 384 g/mol. The van der Waals surface area contributed by atoms with Crippen molar-refractivity contribution in [1.82, 2.24) is 9.88 Å². The summed E-state index contributed by atoms with van der Waals surface area (Å²) in [5.74, 6) is -1.21. The number of carboxylic acid groups (broad SMARTS) is 1. The molecule has 29 heavy (non-hydrogen) atoms. The van der Waals surface area contributed by atoms with Gasteiger partial charge < -0.3 is 10.0 Å². The number of hydrogen-bond donors (Lipinski definition) is 1. The molecule has 5 nitrogen and oxygen atoms in total. The van der Waals surface area contributed by atoms with E-state index in [1.54, 1.807) is 12.1 Å². The molecule has 1 saturated heterocycles. The van der Waals surface area contributed by atoms with Crippen LogP contribution in [0.25, 0.3) is 10.2 Å². The molecule has 1 aliphatic rings. The van der Waals surface area contributed by atoms with E-state index in [4.69, 9.17) is 4.98 Å². The van der Waals surface area contributed by atoms with Crippen molar-refractivity contribution in [2.75, 3.05) is 0 Å². The van der Waals surface area contributed by atoms with Gasteiger partial charge in [0.1, 0.15) is 11.0 Å². The molecule has 2 unspecified atom stereocenters. The predicted octanol–water partition coefficient (Wildman–Crippen LogP) is 5.02. The summed E-state index contributed by atoms with van der Waals surface area (Å²) >= 11 is 1.53. The monoisotopic (exact) mass is 408 g/mol. The highest BCUT2D eigenvalue weighted by Gasteiger charge is 2.43. The number of thiazole rings is 1. The highest BCUT2D eigenvalue weighted by Crippen LogP contribution is 2.40. The van der Waals surface area contributed by atoms with Crippen molar-refractivity contribution in [3.8, 4) is 0 Å². The lowest BCUT2D eigenvalue weighted by Gasteiger charge is -2.27. The van der Waals surface area contributed by atoms with Crippen molar-refractivity contribution >= 4 is 33.4 Å². The van der Waals surface area contributed by atoms with Crippen LogP contribution in [-0.4, -0.2) is 32.9 Å². The average Bonchev–Trinajstić information content (AvgIpc) is 3.30. The quantitative estimate of drug-likeness (QED) is 0.660. The molecule has 0 spiro atoms. The zero-order valence-electron chi connectivity index (χ0n) is 16.8. The lowest BCUT2D eigenvalue weighted by Crippen LogP contribution is -2.41. The molecule has 0 aliphatic carbocycles. The molecule has 2 atom stereocenters. The van der Waals surface area contributed by atoms with Crippen LogP contribution in [0.1, 0.15) is 60.6 Å². The first-order valence-corrected chi connectivity index (χ1v) is 10.6. The lowest BCUT2D eigenvalue weighted by molar-refractivity contribution is -0.141. The van der Waals surface area contributed by atoms with Gasteiger partial charge in [-0.05, 0) is 48.1 Å². The van der Waals surface area contributed by atoms with E-state index in [1.807, 2.05) is 36.4 Å². The molecule has 6 heteroatoms. The molecule has 0 radical (unpaired) electrons. The van der Waals surface area contributed by atoms with Crippen LogP contribution in [0, 0.1) is 0 Å². The van der Waals surface area contributed by atoms with Crippen molar-refractivity contribution in [2.24, 2.45) is 0 Å². The first kappa shape index (κ1) is 19.6. The van der Waals surface area contributed by atoms with Gasteiger partial charge in [0.25, 0.3) is 5.91 Å². The molecule has 1 amide bonds. The lowest BCUT2D eigenvalue weighted by atomic mass is 9.86. The number of hydrogen-bond acceptors (Lipinski definition) is 4. The fourth-order valence-corrected chi connectivity index (χ4v) is 4.98. The normalized spacial score (nSPS) is 19.6. The molecule has 1 aromatic heterocycles. The van der Waals surface area contributed by atoms with E-state index in [9.17, 15) is 14.7 Å². The maximum Gasteiger partial charge on any atom is 0.326 e. The van der Waals surface area contributed by atoms with E-state index in [0.29, 0.717) is 18.4 Å². The van der Waals surface area contributed by atoms with Crippen LogP contribution in [0.2, 0.25) is 0 Å². The summed E-state index contributed by atoms with van der Waals surface area (Å²) in [7, 11) is 0. The van der Waals surface area contributed by atoms with Crippen molar-refractivity contribution in [3.63, 3.8) is 0 Å². The van der Waals surface area contributed by atoms with Gasteiger partial charge in [0.05, 0.1) is 16.3 Å². The molecule has 1 N–H and O–H groups in total. The zero-order chi connectivity index (χ0) is 20.8. The first-order valence-electron chi connectivity index (χ1n) is 9.77. The van der Waals surface area contributed by atoms with Crippen LogP contribution in [0.5, 0.6) is 0 Å². The number of aliphatic carboxylic acids is 1. The molecule has 1 aliphatic heterocycles. The molecule has 3 aromatic rings. The highest BCUT2D eigenvalue weighted by molar-refractivity contribution is 7.18. The molecule has 1 fully saturated rings. The third kappa shape index (κ3) is 3.65. The van der Waals surface area contributed by atoms with Gasteiger partial charge in [-0.25, -0.2) is 9.78 Å². The standard InChI is InChI=1S/C23H24N2O3S/c1-23(2,3)15-10-8-14(9-11-15)21(26)25-17(12-13-18(25)22(27)28)20-24-16-6-4-5-7-19(16)29-20/h4-11,17-18H,12-13H2,1-3H3,(H,27,28). The summed E-state index contributed by atoms with van der Waals surface area (Å²) in [6.45, 7) is 6.36. The van der Waals surface area contributed by atoms with Crippen molar-refractivity contribution < 1.29 is 14.7 Å². The van der Waals surface area contributed by atoms with Gasteiger partial charge in [0, 0.05) is 5.56 Å². The maximum absolute atomic E-state index is 13.4. The maximum atomic E-state index is 13.4. The van der Waals surface area contributed by atoms with E-state index in [2.05, 4.69) is 20.8 Å². The largest absolute Gasteiger partial charge is 0.480 e. The number of nitrogens with zero attached hydrogens (tertiary/aromatic N) is 2. The van der Waals surface area contributed by atoms with Gasteiger partial charge in [-0.1, -0.05) is 45.0 Å². The highest BCUT2D eigenvalue weighted by atomic mass is 32.1. The van der Waals surface area contributed by atoms with Crippen LogP contribution >= 0.6 is 11.3 Å². The number of aromatic nitrogens is 1. The van der Waals surface area contributed by atoms with Crippen LogP contribution in [0.15, 0.2) is 48.5 Å². The molecule has 150 valence electrons. The number of carboxylic acids is 1. The Morgan fingerprint density at radius 2 is 1.76 bits per heavy atom. The number of rotatable bonds is 3. The molecule has 2 heterocycles. The SMILES string of the molecule is CC(C)(C)c1ccc(C(=O)N2C(C(=O)O)CCC2c2nc3ccccc3s2)cc1. The minimum atomic E-state index is -0.965. The summed E-state index contributed by atoms with van der Waals surface area (Å²) in [4.78, 5) is 31.4. The van der Waals surface area contributed by atoms with E-state index in [0.717, 1.165) is 20.8 Å². The molecule has 2 aromatic carbocycles. The summed E-state index contributed by atoms with van der Waals surface area (Å²) in [6, 6.07) is 14.2. The number of fused-ring (bicyclic) bond motifs is 1. The minimum absolute atomic E-state index is 0.0116. The van der Waals surface area contributed by atoms with Gasteiger partial charge in [0.2, 0.25) is 0 Å². The third-order valence-electron chi connectivity index (χ3n) is 5.50. The van der Waals surface area contributed by atoms with Crippen molar-refractivity contribution in [2.45, 2.75) is 51.1 Å². The summed E-state index contributed by atoms with van der Waals surface area (Å²) in [6.07, 6.45) is 1.03. The van der Waals surface area contributed by atoms with E-state index < -0.39 is 12.0 Å². The Hall–Kier alpha value is -2.73. The fourth-order valence-electron chi connectivity index (χ4n) is 3.87.